The van der Waals surface area contributed by atoms with Crippen molar-refractivity contribution in [3.8, 4) is 10.6 Å². The summed E-state index contributed by atoms with van der Waals surface area (Å²) in [6, 6.07) is 5.41. The van der Waals surface area contributed by atoms with Gasteiger partial charge in [0.25, 0.3) is 5.91 Å². The Kier molecular flexibility index (Phi) is 3.89. The summed E-state index contributed by atoms with van der Waals surface area (Å²) in [6.07, 6.45) is 1.11. The molecule has 5 nitrogen and oxygen atoms in total. The molecule has 2 heterocycles. The molecule has 7 heteroatoms. The Bertz CT molecular complexity index is 731. The first-order chi connectivity index (χ1) is 10.6. The normalized spacial score (nSPS) is 17.7. The molecule has 1 N–H and O–H groups in total. The molecule has 1 aliphatic rings. The minimum absolute atomic E-state index is 0.163. The second-order valence-corrected chi connectivity index (χ2v) is 5.87. The Hall–Kier alpha value is -2.28. The van der Waals surface area contributed by atoms with Crippen LogP contribution < -0.4 is 0 Å². The van der Waals surface area contributed by atoms with E-state index in [9.17, 15) is 14.0 Å². The van der Waals surface area contributed by atoms with Gasteiger partial charge in [0.2, 0.25) is 0 Å². The third kappa shape index (κ3) is 2.59. The van der Waals surface area contributed by atoms with Crippen molar-refractivity contribution in [2.45, 2.75) is 18.9 Å². The SMILES string of the molecule is O=C(O)[C@H]1CCCN1C(=O)c1csc(-c2ccccc2F)n1. The van der Waals surface area contributed by atoms with E-state index >= 15 is 0 Å². The molecular weight excluding hydrogens is 307 g/mol. The lowest BCUT2D eigenvalue weighted by atomic mass is 10.2. The lowest BCUT2D eigenvalue weighted by molar-refractivity contribution is -0.141. The van der Waals surface area contributed by atoms with Crippen LogP contribution >= 0.6 is 11.3 Å². The number of carbonyl (C=O) groups excluding carboxylic acids is 1. The minimum atomic E-state index is -1.00. The summed E-state index contributed by atoms with van der Waals surface area (Å²) in [5, 5.41) is 11.1. The largest absolute Gasteiger partial charge is 0.480 e. The van der Waals surface area contributed by atoms with Gasteiger partial charge in [0.15, 0.2) is 0 Å². The number of aromatic nitrogens is 1. The smallest absolute Gasteiger partial charge is 0.326 e. The average molecular weight is 320 g/mol. The molecule has 0 spiro atoms. The van der Waals surface area contributed by atoms with Crippen LogP contribution in [0.1, 0.15) is 23.3 Å². The van der Waals surface area contributed by atoms with Gasteiger partial charge < -0.3 is 10.0 Å². The van der Waals surface area contributed by atoms with E-state index < -0.39 is 23.7 Å². The highest BCUT2D eigenvalue weighted by Gasteiger charge is 2.35. The Morgan fingerprint density at radius 3 is 2.86 bits per heavy atom. The van der Waals surface area contributed by atoms with Crippen molar-refractivity contribution in [2.24, 2.45) is 0 Å². The zero-order valence-corrected chi connectivity index (χ0v) is 12.3. The Morgan fingerprint density at radius 2 is 2.14 bits per heavy atom. The fourth-order valence-electron chi connectivity index (χ4n) is 2.54. The number of carboxylic acids is 1. The summed E-state index contributed by atoms with van der Waals surface area (Å²) in [4.78, 5) is 29.1. The van der Waals surface area contributed by atoms with Gasteiger partial charge in [-0.05, 0) is 25.0 Å². The highest BCUT2D eigenvalue weighted by atomic mass is 32.1. The van der Waals surface area contributed by atoms with Crippen molar-refractivity contribution in [3.63, 3.8) is 0 Å². The van der Waals surface area contributed by atoms with Gasteiger partial charge in [0, 0.05) is 17.5 Å². The summed E-state index contributed by atoms with van der Waals surface area (Å²) in [5.74, 6) is -1.82. The Balaban J connectivity index is 1.86. The molecule has 0 saturated carbocycles. The topological polar surface area (TPSA) is 70.5 Å². The first-order valence-corrected chi connectivity index (χ1v) is 7.70. The van der Waals surface area contributed by atoms with Crippen molar-refractivity contribution < 1.29 is 19.1 Å². The summed E-state index contributed by atoms with van der Waals surface area (Å²) < 4.78 is 13.7. The number of rotatable bonds is 3. The molecule has 1 aliphatic heterocycles. The lowest BCUT2D eigenvalue weighted by Crippen LogP contribution is -2.40. The van der Waals surface area contributed by atoms with Crippen LogP contribution in [0.4, 0.5) is 4.39 Å². The number of halogens is 1. The summed E-state index contributed by atoms with van der Waals surface area (Å²) in [5.41, 5.74) is 0.499. The zero-order valence-electron chi connectivity index (χ0n) is 11.5. The number of hydrogen-bond acceptors (Lipinski definition) is 4. The molecule has 0 aliphatic carbocycles. The number of aliphatic carboxylic acids is 1. The van der Waals surface area contributed by atoms with E-state index in [0.717, 1.165) is 0 Å². The predicted molar refractivity (Wildman–Crippen MR) is 79.2 cm³/mol. The van der Waals surface area contributed by atoms with Crippen molar-refractivity contribution in [1.29, 1.82) is 0 Å². The molecule has 1 aromatic heterocycles. The Morgan fingerprint density at radius 1 is 1.36 bits per heavy atom. The number of hydrogen-bond donors (Lipinski definition) is 1. The number of thiazole rings is 1. The first-order valence-electron chi connectivity index (χ1n) is 6.82. The third-order valence-electron chi connectivity index (χ3n) is 3.63. The molecule has 114 valence electrons. The van der Waals surface area contributed by atoms with E-state index in [1.807, 2.05) is 0 Å². The van der Waals surface area contributed by atoms with Gasteiger partial charge in [-0.2, -0.15) is 0 Å². The first kappa shape index (κ1) is 14.6. The molecule has 2 aromatic rings. The van der Waals surface area contributed by atoms with E-state index in [2.05, 4.69) is 4.98 Å². The number of nitrogens with zero attached hydrogens (tertiary/aromatic N) is 2. The highest BCUT2D eigenvalue weighted by Crippen LogP contribution is 2.28. The quantitative estimate of drug-likeness (QED) is 0.944. The molecule has 0 radical (unpaired) electrons. The summed E-state index contributed by atoms with van der Waals surface area (Å²) in [6.45, 7) is 0.405. The zero-order chi connectivity index (χ0) is 15.7. The maximum absolute atomic E-state index is 13.7. The van der Waals surface area contributed by atoms with Gasteiger partial charge in [-0.25, -0.2) is 14.2 Å². The average Bonchev–Trinajstić information content (AvgIpc) is 3.16. The number of benzene rings is 1. The highest BCUT2D eigenvalue weighted by molar-refractivity contribution is 7.13. The molecule has 0 bridgehead atoms. The maximum atomic E-state index is 13.7. The van der Waals surface area contributed by atoms with Gasteiger partial charge >= 0.3 is 5.97 Å². The minimum Gasteiger partial charge on any atom is -0.480 e. The second kappa shape index (κ2) is 5.84. The molecule has 3 rings (SSSR count). The molecule has 22 heavy (non-hydrogen) atoms. The fourth-order valence-corrected chi connectivity index (χ4v) is 3.36. The van der Waals surface area contributed by atoms with Gasteiger partial charge in [-0.3, -0.25) is 4.79 Å². The van der Waals surface area contributed by atoms with Crippen molar-refractivity contribution in [1.82, 2.24) is 9.88 Å². The maximum Gasteiger partial charge on any atom is 0.326 e. The van der Waals surface area contributed by atoms with E-state index in [-0.39, 0.29) is 5.69 Å². The Labute approximate surface area is 130 Å². The molecular formula is C15H13FN2O3S. The van der Waals surface area contributed by atoms with E-state index in [0.29, 0.717) is 30.0 Å². The molecule has 1 aromatic carbocycles. The van der Waals surface area contributed by atoms with Gasteiger partial charge in [0.05, 0.1) is 0 Å². The van der Waals surface area contributed by atoms with Gasteiger partial charge in [-0.1, -0.05) is 12.1 Å². The van der Waals surface area contributed by atoms with Crippen LogP contribution in [0.5, 0.6) is 0 Å². The summed E-state index contributed by atoms with van der Waals surface area (Å²) in [7, 11) is 0. The van der Waals surface area contributed by atoms with Crippen molar-refractivity contribution >= 4 is 23.2 Å². The molecule has 1 fully saturated rings. The van der Waals surface area contributed by atoms with Gasteiger partial charge in [-0.15, -0.1) is 11.3 Å². The molecule has 0 unspecified atom stereocenters. The van der Waals surface area contributed by atoms with Crippen LogP contribution in [0, 0.1) is 5.82 Å². The van der Waals surface area contributed by atoms with E-state index in [1.165, 1.54) is 22.3 Å². The number of amides is 1. The molecule has 1 amide bonds. The van der Waals surface area contributed by atoms with Crippen LogP contribution in [-0.4, -0.2) is 39.5 Å². The number of carboxylic acid groups (broad SMARTS) is 1. The van der Waals surface area contributed by atoms with Crippen LogP contribution in [0.25, 0.3) is 10.6 Å². The van der Waals surface area contributed by atoms with Crippen LogP contribution in [0.15, 0.2) is 29.6 Å². The number of likely N-dealkylation sites (tertiary alicyclic amines) is 1. The van der Waals surface area contributed by atoms with Crippen LogP contribution in [0.3, 0.4) is 0 Å². The van der Waals surface area contributed by atoms with E-state index in [4.69, 9.17) is 5.11 Å². The van der Waals surface area contributed by atoms with Gasteiger partial charge in [0.1, 0.15) is 22.6 Å². The number of carbonyl (C=O) groups is 2. The standard InChI is InChI=1S/C15H13FN2O3S/c16-10-5-2-1-4-9(10)13-17-11(8-22-13)14(19)18-7-3-6-12(18)15(20)21/h1-2,4-5,8,12H,3,6-7H2,(H,20,21)/t12-/m1/s1. The lowest BCUT2D eigenvalue weighted by Gasteiger charge is -2.20. The third-order valence-corrected chi connectivity index (χ3v) is 4.50. The van der Waals surface area contributed by atoms with Crippen molar-refractivity contribution in [2.75, 3.05) is 6.54 Å². The van der Waals surface area contributed by atoms with E-state index in [1.54, 1.807) is 23.6 Å². The fraction of sp³-hybridized carbons (Fsp3) is 0.267. The summed E-state index contributed by atoms with van der Waals surface area (Å²) >= 11 is 1.17. The molecule has 1 saturated heterocycles. The van der Waals surface area contributed by atoms with Crippen LogP contribution in [-0.2, 0) is 4.79 Å². The molecule has 1 atom stereocenters. The second-order valence-electron chi connectivity index (χ2n) is 5.01. The van der Waals surface area contributed by atoms with Crippen molar-refractivity contribution in [3.05, 3.63) is 41.2 Å². The predicted octanol–water partition coefficient (Wildman–Crippen LogP) is 2.64. The van der Waals surface area contributed by atoms with Crippen LogP contribution in [0.2, 0.25) is 0 Å². The monoisotopic (exact) mass is 320 g/mol.